The summed E-state index contributed by atoms with van der Waals surface area (Å²) in [5.74, 6) is 0.228. The molecule has 0 fully saturated rings. The van der Waals surface area contributed by atoms with Crippen molar-refractivity contribution in [1.29, 1.82) is 0 Å². The van der Waals surface area contributed by atoms with Crippen LogP contribution in [-0.4, -0.2) is 30.7 Å². The van der Waals surface area contributed by atoms with Gasteiger partial charge < -0.3 is 10.1 Å². The molecule has 0 bridgehead atoms. The normalized spacial score (nSPS) is 12.3. The molecule has 0 aliphatic carbocycles. The Balaban J connectivity index is 1.95. The van der Waals surface area contributed by atoms with Gasteiger partial charge in [0.1, 0.15) is 11.8 Å². The van der Waals surface area contributed by atoms with Crippen LogP contribution in [0, 0.1) is 11.8 Å². The van der Waals surface area contributed by atoms with Crippen LogP contribution in [-0.2, 0) is 4.79 Å². The number of carbonyl (C=O) groups excluding carboxylic acids is 2. The molecule has 1 atom stereocenters. The van der Waals surface area contributed by atoms with Crippen LogP contribution >= 0.6 is 23.2 Å². The van der Waals surface area contributed by atoms with Crippen molar-refractivity contribution in [3.63, 3.8) is 0 Å². The number of hydrogen-bond donors (Lipinski definition) is 2. The first kappa shape index (κ1) is 24.7. The highest BCUT2D eigenvalue weighted by Gasteiger charge is 2.24. The second-order valence-electron chi connectivity index (χ2n) is 7.83. The Labute approximate surface area is 193 Å². The quantitative estimate of drug-likeness (QED) is 0.408. The number of rotatable bonds is 9. The molecule has 0 spiro atoms. The minimum Gasteiger partial charge on any atom is -0.493 e. The second kappa shape index (κ2) is 11.7. The average molecular weight is 464 g/mol. The van der Waals surface area contributed by atoms with Crippen molar-refractivity contribution >= 4 is 41.2 Å². The number of nitrogens with zero attached hydrogens (tertiary/aromatic N) is 1. The molecular formula is C23H27Cl2N3O3. The number of ether oxygens (including phenoxy) is 1. The van der Waals surface area contributed by atoms with E-state index >= 15 is 0 Å². The molecule has 0 radical (unpaired) electrons. The van der Waals surface area contributed by atoms with Gasteiger partial charge in [-0.25, -0.2) is 5.43 Å². The summed E-state index contributed by atoms with van der Waals surface area (Å²) >= 11 is 11.9. The van der Waals surface area contributed by atoms with E-state index in [-0.39, 0.29) is 10.9 Å². The molecule has 2 amide bonds. The molecule has 2 aromatic carbocycles. The first-order valence-electron chi connectivity index (χ1n) is 9.99. The molecule has 2 rings (SSSR count). The van der Waals surface area contributed by atoms with Gasteiger partial charge in [-0.3, -0.25) is 9.59 Å². The van der Waals surface area contributed by atoms with Crippen LogP contribution in [0.1, 0.15) is 43.6 Å². The van der Waals surface area contributed by atoms with Crippen molar-refractivity contribution in [2.45, 2.75) is 33.7 Å². The minimum absolute atomic E-state index is 0.153. The summed E-state index contributed by atoms with van der Waals surface area (Å²) in [6.07, 6.45) is 1.53. The molecule has 0 saturated heterocycles. The number of amides is 2. The molecule has 0 heterocycles. The predicted molar refractivity (Wildman–Crippen MR) is 125 cm³/mol. The highest BCUT2D eigenvalue weighted by Crippen LogP contribution is 2.22. The maximum absolute atomic E-state index is 12.6. The second-order valence-corrected chi connectivity index (χ2v) is 8.65. The van der Waals surface area contributed by atoms with Gasteiger partial charge in [-0.05, 0) is 59.9 Å². The molecule has 2 N–H and O–H groups in total. The number of carbonyl (C=O) groups is 2. The monoisotopic (exact) mass is 463 g/mol. The molecule has 0 aliphatic heterocycles. The van der Waals surface area contributed by atoms with Crippen LogP contribution in [0.15, 0.2) is 47.6 Å². The van der Waals surface area contributed by atoms with Crippen LogP contribution in [0.4, 0.5) is 0 Å². The van der Waals surface area contributed by atoms with Crippen molar-refractivity contribution in [3.05, 3.63) is 63.6 Å². The van der Waals surface area contributed by atoms with Gasteiger partial charge in [-0.2, -0.15) is 5.10 Å². The zero-order chi connectivity index (χ0) is 23.0. The molecule has 0 aliphatic rings. The summed E-state index contributed by atoms with van der Waals surface area (Å²) in [7, 11) is 0. The van der Waals surface area contributed by atoms with Gasteiger partial charge in [0.15, 0.2) is 0 Å². The van der Waals surface area contributed by atoms with Crippen LogP contribution < -0.4 is 15.5 Å². The summed E-state index contributed by atoms with van der Waals surface area (Å²) in [5, 5.41) is 7.34. The summed E-state index contributed by atoms with van der Waals surface area (Å²) in [5.41, 5.74) is 3.60. The summed E-state index contributed by atoms with van der Waals surface area (Å²) in [4.78, 5) is 25.1. The Morgan fingerprint density at radius 3 is 2.29 bits per heavy atom. The van der Waals surface area contributed by atoms with Gasteiger partial charge in [0.05, 0.1) is 22.9 Å². The third-order valence-electron chi connectivity index (χ3n) is 4.27. The highest BCUT2D eigenvalue weighted by atomic mass is 35.5. The van der Waals surface area contributed by atoms with E-state index in [0.29, 0.717) is 23.1 Å². The Morgan fingerprint density at radius 1 is 1.03 bits per heavy atom. The van der Waals surface area contributed by atoms with Gasteiger partial charge in [-0.1, -0.05) is 50.9 Å². The maximum atomic E-state index is 12.6. The lowest BCUT2D eigenvalue weighted by Gasteiger charge is -2.20. The fraction of sp³-hybridized carbons (Fsp3) is 0.348. The first-order chi connectivity index (χ1) is 14.7. The molecule has 0 saturated carbocycles. The Kier molecular flexibility index (Phi) is 9.34. The Hall–Kier alpha value is -2.57. The van der Waals surface area contributed by atoms with Crippen molar-refractivity contribution < 1.29 is 14.3 Å². The summed E-state index contributed by atoms with van der Waals surface area (Å²) in [6.45, 7) is 8.48. The van der Waals surface area contributed by atoms with Crippen LogP contribution in [0.5, 0.6) is 5.75 Å². The van der Waals surface area contributed by atoms with Crippen LogP contribution in [0.25, 0.3) is 0 Å². The fourth-order valence-corrected chi connectivity index (χ4v) is 2.85. The Bertz CT molecular complexity index is 928. The molecule has 6 nitrogen and oxygen atoms in total. The van der Waals surface area contributed by atoms with Gasteiger partial charge in [0.2, 0.25) is 0 Å². The van der Waals surface area contributed by atoms with Crippen LogP contribution in [0.3, 0.4) is 0 Å². The van der Waals surface area contributed by atoms with Crippen molar-refractivity contribution in [1.82, 2.24) is 10.7 Å². The summed E-state index contributed by atoms with van der Waals surface area (Å²) in [6, 6.07) is 11.2. The highest BCUT2D eigenvalue weighted by molar-refractivity contribution is 6.42. The van der Waals surface area contributed by atoms with E-state index in [4.69, 9.17) is 27.9 Å². The largest absolute Gasteiger partial charge is 0.493 e. The third-order valence-corrected chi connectivity index (χ3v) is 5.01. The van der Waals surface area contributed by atoms with E-state index in [9.17, 15) is 9.59 Å². The molecular weight excluding hydrogens is 437 g/mol. The van der Waals surface area contributed by atoms with Gasteiger partial charge in [0.25, 0.3) is 11.8 Å². The van der Waals surface area contributed by atoms with E-state index in [0.717, 1.165) is 11.3 Å². The molecule has 0 aromatic heterocycles. The van der Waals surface area contributed by atoms with Gasteiger partial charge >= 0.3 is 0 Å². The SMILES string of the molecule is CC(C)COc1ccc(/C=N\NC(=O)C(NC(=O)c2ccc(Cl)c(Cl)c2)C(C)C)cc1. The third kappa shape index (κ3) is 7.89. The van der Waals surface area contributed by atoms with E-state index in [2.05, 4.69) is 29.7 Å². The van der Waals surface area contributed by atoms with E-state index < -0.39 is 17.9 Å². The zero-order valence-electron chi connectivity index (χ0n) is 18.0. The standard InChI is InChI=1S/C23H27Cl2N3O3/c1-14(2)13-31-18-8-5-16(6-9-18)12-26-28-23(30)21(15(3)4)27-22(29)17-7-10-19(24)20(25)11-17/h5-12,14-15,21H,13H2,1-4H3,(H,27,29)(H,28,30)/b26-12-. The molecule has 31 heavy (non-hydrogen) atoms. The Morgan fingerprint density at radius 2 is 1.71 bits per heavy atom. The molecule has 166 valence electrons. The first-order valence-corrected chi connectivity index (χ1v) is 10.7. The number of hydrazone groups is 1. The van der Waals surface area contributed by atoms with Gasteiger partial charge in [-0.15, -0.1) is 0 Å². The number of hydrogen-bond acceptors (Lipinski definition) is 4. The van der Waals surface area contributed by atoms with Crippen molar-refractivity contribution in [3.8, 4) is 5.75 Å². The lowest BCUT2D eigenvalue weighted by Crippen LogP contribution is -2.48. The predicted octanol–water partition coefficient (Wildman–Crippen LogP) is 4.93. The summed E-state index contributed by atoms with van der Waals surface area (Å²) < 4.78 is 5.64. The topological polar surface area (TPSA) is 79.8 Å². The molecule has 8 heteroatoms. The number of benzene rings is 2. The lowest BCUT2D eigenvalue weighted by molar-refractivity contribution is -0.123. The van der Waals surface area contributed by atoms with Crippen molar-refractivity contribution in [2.75, 3.05) is 6.61 Å². The minimum atomic E-state index is -0.772. The molecule has 1 unspecified atom stereocenters. The zero-order valence-corrected chi connectivity index (χ0v) is 19.5. The van der Waals surface area contributed by atoms with E-state index in [1.807, 2.05) is 38.1 Å². The fourth-order valence-electron chi connectivity index (χ4n) is 2.55. The number of nitrogens with one attached hydrogen (secondary N) is 2. The smallest absolute Gasteiger partial charge is 0.262 e. The number of halogens is 2. The maximum Gasteiger partial charge on any atom is 0.262 e. The van der Waals surface area contributed by atoms with Crippen molar-refractivity contribution in [2.24, 2.45) is 16.9 Å². The lowest BCUT2D eigenvalue weighted by atomic mass is 10.0. The van der Waals surface area contributed by atoms with E-state index in [1.54, 1.807) is 6.07 Å². The molecule has 2 aromatic rings. The van der Waals surface area contributed by atoms with Gasteiger partial charge in [0, 0.05) is 5.56 Å². The van der Waals surface area contributed by atoms with Crippen LogP contribution in [0.2, 0.25) is 10.0 Å². The van der Waals surface area contributed by atoms with E-state index in [1.165, 1.54) is 18.3 Å². The average Bonchev–Trinajstić information content (AvgIpc) is 2.72.